The highest BCUT2D eigenvalue weighted by molar-refractivity contribution is 5.87. The van der Waals surface area contributed by atoms with Gasteiger partial charge in [0.2, 0.25) is 11.2 Å². The average molecular weight is 433 g/mol. The van der Waals surface area contributed by atoms with Crippen molar-refractivity contribution < 1.29 is 27.4 Å². The lowest BCUT2D eigenvalue weighted by atomic mass is 9.99. The molecule has 8 heteroatoms. The maximum atomic E-state index is 14.0. The van der Waals surface area contributed by atoms with Crippen molar-refractivity contribution in [3.63, 3.8) is 0 Å². The second-order valence-electron chi connectivity index (χ2n) is 7.64. The first-order valence-corrected chi connectivity index (χ1v) is 10.1. The molecule has 1 saturated carbocycles. The molecule has 1 fully saturated rings. The van der Waals surface area contributed by atoms with E-state index >= 15 is 0 Å². The minimum Gasteiger partial charge on any atom is -0.507 e. The van der Waals surface area contributed by atoms with E-state index in [1.54, 1.807) is 6.07 Å². The fraction of sp³-hybridized carbons (Fsp3) is 0.348. The molecule has 5 nitrogen and oxygen atoms in total. The molecule has 1 aliphatic carbocycles. The molecule has 0 radical (unpaired) electrons. The molecule has 0 spiro atoms. The molecule has 1 heterocycles. The van der Waals surface area contributed by atoms with Gasteiger partial charge in [0, 0.05) is 18.2 Å². The highest BCUT2D eigenvalue weighted by atomic mass is 19.4. The van der Waals surface area contributed by atoms with Crippen LogP contribution in [0.15, 0.2) is 45.6 Å². The van der Waals surface area contributed by atoms with Crippen molar-refractivity contribution in [3.8, 4) is 22.6 Å². The van der Waals surface area contributed by atoms with Crippen LogP contribution in [0, 0.1) is 0 Å². The van der Waals surface area contributed by atoms with Gasteiger partial charge in [0.1, 0.15) is 17.1 Å². The summed E-state index contributed by atoms with van der Waals surface area (Å²) in [7, 11) is 1.32. The number of hydrogen-bond donors (Lipinski definition) is 2. The normalized spacial score (nSPS) is 15.0. The Hall–Kier alpha value is -3.00. The SMILES string of the molecule is COc1ccccc1-c1c(C(F)(F)F)oc2c(CNC3CCCC3)c(O)ccc2c1=O. The first-order valence-electron chi connectivity index (χ1n) is 10.1. The molecular weight excluding hydrogens is 411 g/mol. The first-order chi connectivity index (χ1) is 14.8. The highest BCUT2D eigenvalue weighted by Crippen LogP contribution is 2.41. The zero-order chi connectivity index (χ0) is 22.2. The number of fused-ring (bicyclic) bond motifs is 1. The van der Waals surface area contributed by atoms with E-state index in [4.69, 9.17) is 9.15 Å². The smallest absolute Gasteiger partial charge is 0.450 e. The topological polar surface area (TPSA) is 71.7 Å². The third-order valence-electron chi connectivity index (χ3n) is 5.70. The summed E-state index contributed by atoms with van der Waals surface area (Å²) in [5.41, 5.74) is -1.58. The number of alkyl halides is 3. The standard InChI is InChI=1S/C23H22F3NO4/c1-30-18-9-5-4-8-14(18)19-20(29)15-10-11-17(28)16(12-27-13-6-2-3-7-13)21(15)31-22(19)23(24,25)26/h4-5,8-11,13,27-28H,2-3,6-7,12H2,1H3. The van der Waals surface area contributed by atoms with E-state index in [2.05, 4.69) is 5.32 Å². The number of aromatic hydroxyl groups is 1. The van der Waals surface area contributed by atoms with Crippen LogP contribution in [-0.2, 0) is 12.7 Å². The Morgan fingerprint density at radius 3 is 2.55 bits per heavy atom. The lowest BCUT2D eigenvalue weighted by Crippen LogP contribution is -2.25. The Labute approximate surface area is 176 Å². The molecule has 0 bridgehead atoms. The third kappa shape index (κ3) is 3.99. The molecule has 0 aliphatic heterocycles. The largest absolute Gasteiger partial charge is 0.507 e. The summed E-state index contributed by atoms with van der Waals surface area (Å²) >= 11 is 0. The Morgan fingerprint density at radius 2 is 1.87 bits per heavy atom. The molecule has 2 N–H and O–H groups in total. The van der Waals surface area contributed by atoms with Crippen molar-refractivity contribution in [1.82, 2.24) is 5.32 Å². The number of ether oxygens (including phenoxy) is 1. The van der Waals surface area contributed by atoms with E-state index in [0.717, 1.165) is 25.7 Å². The molecule has 0 amide bonds. The highest BCUT2D eigenvalue weighted by Gasteiger charge is 2.40. The molecule has 164 valence electrons. The zero-order valence-corrected chi connectivity index (χ0v) is 16.9. The Morgan fingerprint density at radius 1 is 1.16 bits per heavy atom. The number of phenols is 1. The summed E-state index contributed by atoms with van der Waals surface area (Å²) < 4.78 is 52.5. The van der Waals surface area contributed by atoms with Gasteiger partial charge in [0.05, 0.1) is 23.6 Å². The lowest BCUT2D eigenvalue weighted by molar-refractivity contribution is -0.152. The number of hydrogen-bond acceptors (Lipinski definition) is 5. The molecular formula is C23H22F3NO4. The molecule has 0 atom stereocenters. The van der Waals surface area contributed by atoms with E-state index in [-0.39, 0.29) is 46.2 Å². The van der Waals surface area contributed by atoms with Crippen LogP contribution in [0.3, 0.4) is 0 Å². The van der Waals surface area contributed by atoms with Crippen LogP contribution in [-0.4, -0.2) is 18.3 Å². The number of halogens is 3. The number of methoxy groups -OCH3 is 1. The van der Waals surface area contributed by atoms with Gasteiger partial charge in [0.25, 0.3) is 0 Å². The second kappa shape index (κ2) is 8.26. The molecule has 0 unspecified atom stereocenters. The first kappa shape index (κ1) is 21.2. The van der Waals surface area contributed by atoms with E-state index in [0.29, 0.717) is 0 Å². The molecule has 3 aromatic rings. The predicted octanol–water partition coefficient (Wildman–Crippen LogP) is 5.23. The Balaban J connectivity index is 1.95. The van der Waals surface area contributed by atoms with Crippen LogP contribution < -0.4 is 15.5 Å². The van der Waals surface area contributed by atoms with E-state index in [1.807, 2.05) is 0 Å². The third-order valence-corrected chi connectivity index (χ3v) is 5.70. The summed E-state index contributed by atoms with van der Waals surface area (Å²) in [6.45, 7) is 0.0993. The van der Waals surface area contributed by atoms with Crippen molar-refractivity contribution in [2.75, 3.05) is 7.11 Å². The van der Waals surface area contributed by atoms with Gasteiger partial charge in [-0.15, -0.1) is 0 Å². The molecule has 4 rings (SSSR count). The van der Waals surface area contributed by atoms with Gasteiger partial charge in [-0.25, -0.2) is 0 Å². The predicted molar refractivity (Wildman–Crippen MR) is 110 cm³/mol. The average Bonchev–Trinajstić information content (AvgIpc) is 3.26. The van der Waals surface area contributed by atoms with Gasteiger partial charge in [-0.3, -0.25) is 4.79 Å². The van der Waals surface area contributed by atoms with Gasteiger partial charge in [-0.1, -0.05) is 31.0 Å². The maximum absolute atomic E-state index is 14.0. The van der Waals surface area contributed by atoms with Crippen LogP contribution in [0.2, 0.25) is 0 Å². The maximum Gasteiger partial charge on any atom is 0.450 e. The molecule has 31 heavy (non-hydrogen) atoms. The van der Waals surface area contributed by atoms with Crippen LogP contribution in [0.4, 0.5) is 13.2 Å². The monoisotopic (exact) mass is 433 g/mol. The van der Waals surface area contributed by atoms with E-state index < -0.39 is 22.9 Å². The molecule has 0 saturated heterocycles. The van der Waals surface area contributed by atoms with Gasteiger partial charge >= 0.3 is 6.18 Å². The van der Waals surface area contributed by atoms with Crippen LogP contribution in [0.5, 0.6) is 11.5 Å². The van der Waals surface area contributed by atoms with E-state index in [9.17, 15) is 23.1 Å². The van der Waals surface area contributed by atoms with Gasteiger partial charge in [-0.05, 0) is 31.0 Å². The molecule has 1 aromatic heterocycles. The van der Waals surface area contributed by atoms with Crippen molar-refractivity contribution in [2.24, 2.45) is 0 Å². The zero-order valence-electron chi connectivity index (χ0n) is 16.9. The summed E-state index contributed by atoms with van der Waals surface area (Å²) in [4.78, 5) is 13.3. The van der Waals surface area contributed by atoms with Crippen molar-refractivity contribution in [1.29, 1.82) is 0 Å². The summed E-state index contributed by atoms with van der Waals surface area (Å²) in [5, 5.41) is 13.5. The number of nitrogens with one attached hydrogen (secondary N) is 1. The van der Waals surface area contributed by atoms with Gasteiger partial charge in [-0.2, -0.15) is 13.2 Å². The van der Waals surface area contributed by atoms with Crippen molar-refractivity contribution in [2.45, 2.75) is 44.4 Å². The quantitative estimate of drug-likeness (QED) is 0.577. The van der Waals surface area contributed by atoms with Crippen molar-refractivity contribution in [3.05, 3.63) is 57.9 Å². The Kier molecular flexibility index (Phi) is 5.66. The minimum atomic E-state index is -4.93. The van der Waals surface area contributed by atoms with Crippen LogP contribution >= 0.6 is 0 Å². The minimum absolute atomic E-state index is 0.00770. The van der Waals surface area contributed by atoms with Gasteiger partial charge < -0.3 is 19.6 Å². The molecule has 2 aromatic carbocycles. The number of para-hydroxylation sites is 1. The molecule has 1 aliphatic rings. The van der Waals surface area contributed by atoms with Crippen LogP contribution in [0.25, 0.3) is 22.1 Å². The summed E-state index contributed by atoms with van der Waals surface area (Å²) in [6.07, 6.45) is -0.850. The van der Waals surface area contributed by atoms with Crippen LogP contribution in [0.1, 0.15) is 37.0 Å². The number of rotatable bonds is 5. The summed E-state index contributed by atoms with van der Waals surface area (Å²) in [5.74, 6) is -1.51. The fourth-order valence-corrected chi connectivity index (χ4v) is 4.15. The Bertz CT molecular complexity index is 1160. The number of phenolic OH excluding ortho intramolecular Hbond substituents is 1. The van der Waals surface area contributed by atoms with E-state index in [1.165, 1.54) is 37.4 Å². The van der Waals surface area contributed by atoms with Crippen molar-refractivity contribution >= 4 is 11.0 Å². The summed E-state index contributed by atoms with van der Waals surface area (Å²) in [6, 6.07) is 8.80. The second-order valence-corrected chi connectivity index (χ2v) is 7.64. The fourth-order valence-electron chi connectivity index (χ4n) is 4.15. The van der Waals surface area contributed by atoms with Gasteiger partial charge in [0.15, 0.2) is 0 Å². The number of benzene rings is 2. The lowest BCUT2D eigenvalue weighted by Gasteiger charge is -2.17.